The lowest BCUT2D eigenvalue weighted by atomic mass is 10.1. The van der Waals surface area contributed by atoms with Crippen molar-refractivity contribution in [3.05, 3.63) is 40.7 Å². The van der Waals surface area contributed by atoms with Gasteiger partial charge in [-0.1, -0.05) is 17.8 Å². The van der Waals surface area contributed by atoms with E-state index in [1.807, 2.05) is 31.2 Å². The third-order valence-corrected chi connectivity index (χ3v) is 3.69. The monoisotopic (exact) mass is 311 g/mol. The van der Waals surface area contributed by atoms with Crippen molar-refractivity contribution in [2.24, 2.45) is 0 Å². The largest absolute Gasteiger partial charge is 0.496 e. The molecule has 0 aliphatic carbocycles. The highest BCUT2D eigenvalue weighted by atomic mass is 32.2. The predicted molar refractivity (Wildman–Crippen MR) is 82.9 cm³/mol. The van der Waals surface area contributed by atoms with E-state index in [4.69, 9.17) is 15.3 Å². The van der Waals surface area contributed by atoms with Crippen LogP contribution in [0.1, 0.15) is 17.0 Å². The number of aryl methyl sites for hydroxylation is 1. The van der Waals surface area contributed by atoms with E-state index < -0.39 is 0 Å². The first-order valence-corrected chi connectivity index (χ1v) is 7.35. The number of hydrogen-bond acceptors (Lipinski definition) is 6. The van der Waals surface area contributed by atoms with Gasteiger partial charge in [-0.3, -0.25) is 5.10 Å². The van der Waals surface area contributed by atoms with Crippen LogP contribution in [0.25, 0.3) is 6.08 Å². The Morgan fingerprint density at radius 3 is 2.77 bits per heavy atom. The van der Waals surface area contributed by atoms with Gasteiger partial charge in [-0.25, -0.2) is 4.98 Å². The van der Waals surface area contributed by atoms with Crippen LogP contribution in [0.3, 0.4) is 0 Å². The van der Waals surface area contributed by atoms with Crippen molar-refractivity contribution in [2.75, 3.05) is 7.11 Å². The summed E-state index contributed by atoms with van der Waals surface area (Å²) in [4.78, 5) is 4.24. The Labute approximate surface area is 132 Å². The molecular weight excluding hydrogens is 298 g/mol. The van der Waals surface area contributed by atoms with Crippen LogP contribution in [0.15, 0.2) is 28.9 Å². The van der Waals surface area contributed by atoms with Gasteiger partial charge in [0.2, 0.25) is 5.16 Å². The average Bonchev–Trinajstić information content (AvgIpc) is 2.96. The van der Waals surface area contributed by atoms with Gasteiger partial charge in [-0.05, 0) is 30.7 Å². The molecule has 7 heteroatoms. The molecule has 0 unspecified atom stereocenters. The maximum atomic E-state index is 8.82. The van der Waals surface area contributed by atoms with E-state index in [-0.39, 0.29) is 5.57 Å². The number of nitriles is 2. The Bertz CT molecular complexity index is 766. The molecule has 1 aromatic heterocycles. The Hall–Kier alpha value is -2.77. The molecule has 0 fully saturated rings. The quantitative estimate of drug-likeness (QED) is 0.673. The number of allylic oxidation sites excluding steroid dienone is 1. The molecule has 2 rings (SSSR count). The van der Waals surface area contributed by atoms with Crippen molar-refractivity contribution in [3.63, 3.8) is 0 Å². The number of H-pyrrole nitrogens is 1. The number of aromatic amines is 1. The van der Waals surface area contributed by atoms with E-state index >= 15 is 0 Å². The van der Waals surface area contributed by atoms with Crippen molar-refractivity contribution in [2.45, 2.75) is 17.8 Å². The van der Waals surface area contributed by atoms with Gasteiger partial charge in [0.05, 0.1) is 7.11 Å². The zero-order chi connectivity index (χ0) is 15.9. The summed E-state index contributed by atoms with van der Waals surface area (Å²) in [5, 5.41) is 25.2. The van der Waals surface area contributed by atoms with Gasteiger partial charge < -0.3 is 4.74 Å². The van der Waals surface area contributed by atoms with Crippen molar-refractivity contribution in [3.8, 4) is 17.9 Å². The average molecular weight is 311 g/mol. The molecule has 0 radical (unpaired) electrons. The maximum absolute atomic E-state index is 8.82. The summed E-state index contributed by atoms with van der Waals surface area (Å²) in [6.45, 7) is 1.84. The van der Waals surface area contributed by atoms with E-state index in [9.17, 15) is 0 Å². The molecule has 1 heterocycles. The second-order valence-corrected chi connectivity index (χ2v) is 5.29. The number of rotatable bonds is 5. The number of nitrogens with zero attached hydrogens (tertiary/aromatic N) is 4. The number of benzene rings is 1. The Kier molecular flexibility index (Phi) is 5.18. The minimum atomic E-state index is 0.0633. The summed E-state index contributed by atoms with van der Waals surface area (Å²) in [5.41, 5.74) is 1.79. The Morgan fingerprint density at radius 2 is 2.18 bits per heavy atom. The van der Waals surface area contributed by atoms with Crippen molar-refractivity contribution >= 4 is 17.8 Å². The summed E-state index contributed by atoms with van der Waals surface area (Å²) < 4.78 is 5.34. The lowest BCUT2D eigenvalue weighted by Crippen LogP contribution is -1.92. The highest BCUT2D eigenvalue weighted by molar-refractivity contribution is 7.98. The Morgan fingerprint density at radius 1 is 1.41 bits per heavy atom. The van der Waals surface area contributed by atoms with Crippen molar-refractivity contribution < 1.29 is 4.74 Å². The highest BCUT2D eigenvalue weighted by Gasteiger charge is 2.08. The van der Waals surface area contributed by atoms with E-state index in [0.29, 0.717) is 10.9 Å². The molecule has 110 valence electrons. The second-order valence-electron chi connectivity index (χ2n) is 4.34. The zero-order valence-electron chi connectivity index (χ0n) is 12.1. The summed E-state index contributed by atoms with van der Waals surface area (Å²) in [5.74, 6) is 2.13. The van der Waals surface area contributed by atoms with E-state index in [2.05, 4.69) is 15.2 Å². The molecular formula is C15H13N5OS. The number of ether oxygens (including phenoxy) is 1. The molecule has 22 heavy (non-hydrogen) atoms. The molecule has 0 bridgehead atoms. The van der Waals surface area contributed by atoms with Gasteiger partial charge in [0.15, 0.2) is 0 Å². The third-order valence-electron chi connectivity index (χ3n) is 2.79. The fraction of sp³-hybridized carbons (Fsp3) is 0.200. The lowest BCUT2D eigenvalue weighted by molar-refractivity contribution is 0.411. The number of thioether (sulfide) groups is 1. The van der Waals surface area contributed by atoms with Crippen LogP contribution in [0.2, 0.25) is 0 Å². The van der Waals surface area contributed by atoms with Crippen LogP contribution >= 0.6 is 11.8 Å². The SMILES string of the molecule is COc1ccc(C=C(C#N)C#N)cc1CSc1n[nH]c(C)n1. The van der Waals surface area contributed by atoms with E-state index in [1.54, 1.807) is 19.3 Å². The minimum Gasteiger partial charge on any atom is -0.496 e. The van der Waals surface area contributed by atoms with Gasteiger partial charge in [0.1, 0.15) is 29.3 Å². The first kappa shape index (κ1) is 15.6. The molecule has 6 nitrogen and oxygen atoms in total. The van der Waals surface area contributed by atoms with Gasteiger partial charge in [0.25, 0.3) is 0 Å². The van der Waals surface area contributed by atoms with Gasteiger partial charge in [0, 0.05) is 11.3 Å². The van der Waals surface area contributed by atoms with Gasteiger partial charge in [-0.15, -0.1) is 5.10 Å². The summed E-state index contributed by atoms with van der Waals surface area (Å²) in [7, 11) is 1.60. The molecule has 0 atom stereocenters. The van der Waals surface area contributed by atoms with Crippen LogP contribution in [0.4, 0.5) is 0 Å². The van der Waals surface area contributed by atoms with Crippen LogP contribution in [-0.2, 0) is 5.75 Å². The first-order valence-electron chi connectivity index (χ1n) is 6.37. The fourth-order valence-electron chi connectivity index (χ4n) is 1.79. The molecule has 0 saturated heterocycles. The molecule has 0 aliphatic heterocycles. The van der Waals surface area contributed by atoms with Crippen LogP contribution < -0.4 is 4.74 Å². The normalized spacial score (nSPS) is 9.64. The molecule has 2 aromatic rings. The van der Waals surface area contributed by atoms with Gasteiger partial charge >= 0.3 is 0 Å². The van der Waals surface area contributed by atoms with E-state index in [0.717, 1.165) is 22.7 Å². The maximum Gasteiger partial charge on any atom is 0.208 e. The molecule has 0 aliphatic rings. The number of methoxy groups -OCH3 is 1. The van der Waals surface area contributed by atoms with Crippen LogP contribution in [0.5, 0.6) is 5.75 Å². The predicted octanol–water partition coefficient (Wildman–Crippen LogP) is 2.84. The smallest absolute Gasteiger partial charge is 0.208 e. The zero-order valence-corrected chi connectivity index (χ0v) is 12.9. The molecule has 0 spiro atoms. The third kappa shape index (κ3) is 3.87. The van der Waals surface area contributed by atoms with Gasteiger partial charge in [-0.2, -0.15) is 10.5 Å². The van der Waals surface area contributed by atoms with E-state index in [1.165, 1.54) is 11.8 Å². The lowest BCUT2D eigenvalue weighted by Gasteiger charge is -2.08. The number of nitrogens with one attached hydrogen (secondary N) is 1. The summed E-state index contributed by atoms with van der Waals surface area (Å²) >= 11 is 1.48. The van der Waals surface area contributed by atoms with Crippen LogP contribution in [-0.4, -0.2) is 22.3 Å². The standard InChI is InChI=1S/C15H13N5OS/c1-10-18-15(20-19-10)22-9-13-6-11(3-4-14(13)21-2)5-12(7-16)8-17/h3-6H,9H2,1-2H3,(H,18,19,20). The Balaban J connectivity index is 2.23. The number of aromatic nitrogens is 3. The fourth-order valence-corrected chi connectivity index (χ4v) is 2.61. The van der Waals surface area contributed by atoms with Crippen LogP contribution in [0, 0.1) is 29.6 Å². The highest BCUT2D eigenvalue weighted by Crippen LogP contribution is 2.27. The second kappa shape index (κ2) is 7.30. The number of hydrogen-bond donors (Lipinski definition) is 1. The summed E-state index contributed by atoms with van der Waals surface area (Å²) in [6, 6.07) is 9.21. The molecule has 1 N–H and O–H groups in total. The topological polar surface area (TPSA) is 98.4 Å². The minimum absolute atomic E-state index is 0.0633. The first-order chi connectivity index (χ1) is 10.7. The molecule has 0 saturated carbocycles. The van der Waals surface area contributed by atoms with Crippen molar-refractivity contribution in [1.82, 2.24) is 15.2 Å². The van der Waals surface area contributed by atoms with Crippen molar-refractivity contribution in [1.29, 1.82) is 10.5 Å². The molecule has 1 aromatic carbocycles. The summed E-state index contributed by atoms with van der Waals surface area (Å²) in [6.07, 6.45) is 1.55. The molecule has 0 amide bonds.